The summed E-state index contributed by atoms with van der Waals surface area (Å²) in [5.41, 5.74) is 1.04. The van der Waals surface area contributed by atoms with Crippen LogP contribution in [0.25, 0.3) is 11.0 Å². The first kappa shape index (κ1) is 14.6. The third-order valence-electron chi connectivity index (χ3n) is 3.04. The third-order valence-corrected chi connectivity index (χ3v) is 3.04. The molecule has 2 aromatic heterocycles. The zero-order valence-electron chi connectivity index (χ0n) is 12.1. The maximum absolute atomic E-state index is 11.8. The van der Waals surface area contributed by atoms with Gasteiger partial charge < -0.3 is 14.5 Å². The quantitative estimate of drug-likeness (QED) is 0.572. The second-order valence-corrected chi connectivity index (χ2v) is 4.53. The van der Waals surface area contributed by atoms with E-state index in [1.165, 1.54) is 18.5 Å². The average Bonchev–Trinajstić information content (AvgIpc) is 3.01. The van der Waals surface area contributed by atoms with Gasteiger partial charge in [-0.15, -0.1) is 4.91 Å². The highest BCUT2D eigenvalue weighted by atomic mass is 16.5. The number of aromatic amines is 1. The van der Waals surface area contributed by atoms with E-state index < -0.39 is 5.97 Å². The molecule has 0 aliphatic rings. The molecule has 23 heavy (non-hydrogen) atoms. The van der Waals surface area contributed by atoms with E-state index in [0.29, 0.717) is 22.5 Å². The topological polar surface area (TPSA) is 107 Å². The number of ether oxygens (including phenoxy) is 2. The van der Waals surface area contributed by atoms with Crippen LogP contribution in [0.1, 0.15) is 17.4 Å². The van der Waals surface area contributed by atoms with Crippen molar-refractivity contribution in [1.29, 1.82) is 0 Å². The second-order valence-electron chi connectivity index (χ2n) is 4.53. The van der Waals surface area contributed by atoms with Crippen LogP contribution in [0.3, 0.4) is 0 Å². The smallest absolute Gasteiger partial charge is 0.354 e. The van der Waals surface area contributed by atoms with Crippen LogP contribution in [0.15, 0.2) is 41.8 Å². The van der Waals surface area contributed by atoms with Gasteiger partial charge in [0.05, 0.1) is 12.0 Å². The number of H-pyrrole nitrogens is 1. The summed E-state index contributed by atoms with van der Waals surface area (Å²) in [6.07, 6.45) is 1.32. The number of fused-ring (bicyclic) bond motifs is 1. The molecule has 0 unspecified atom stereocenters. The summed E-state index contributed by atoms with van der Waals surface area (Å²) in [7, 11) is 0. The van der Waals surface area contributed by atoms with Gasteiger partial charge in [0.1, 0.15) is 29.1 Å². The lowest BCUT2D eigenvalue weighted by atomic mass is 10.3. The molecule has 0 amide bonds. The van der Waals surface area contributed by atoms with E-state index in [4.69, 9.17) is 9.47 Å². The molecule has 3 aromatic rings. The number of aromatic nitrogens is 3. The monoisotopic (exact) mass is 312 g/mol. The molecule has 8 nitrogen and oxygen atoms in total. The predicted octanol–water partition coefficient (Wildman–Crippen LogP) is 3.32. The minimum absolute atomic E-state index is 0.271. The first-order chi connectivity index (χ1) is 11.2. The number of nitroso groups, excluding NO2 is 1. The maximum Gasteiger partial charge on any atom is 0.354 e. The zero-order valence-corrected chi connectivity index (χ0v) is 12.1. The van der Waals surface area contributed by atoms with Crippen molar-refractivity contribution < 1.29 is 14.3 Å². The number of carbonyl (C=O) groups is 1. The Balaban J connectivity index is 1.93. The van der Waals surface area contributed by atoms with E-state index in [0.717, 1.165) is 0 Å². The molecule has 8 heteroatoms. The van der Waals surface area contributed by atoms with Crippen LogP contribution in [0.5, 0.6) is 11.6 Å². The van der Waals surface area contributed by atoms with Gasteiger partial charge in [-0.05, 0) is 42.4 Å². The lowest BCUT2D eigenvalue weighted by Gasteiger charge is -2.04. The summed E-state index contributed by atoms with van der Waals surface area (Å²) in [6, 6.07) is 7.83. The van der Waals surface area contributed by atoms with E-state index in [2.05, 4.69) is 20.1 Å². The van der Waals surface area contributed by atoms with Gasteiger partial charge >= 0.3 is 5.97 Å². The fraction of sp³-hybridized carbons (Fsp3) is 0.133. The fourth-order valence-corrected chi connectivity index (χ4v) is 2.00. The van der Waals surface area contributed by atoms with Crippen molar-refractivity contribution in [1.82, 2.24) is 15.0 Å². The highest BCUT2D eigenvalue weighted by Crippen LogP contribution is 2.28. The Morgan fingerprint density at radius 3 is 2.74 bits per heavy atom. The number of esters is 1. The summed E-state index contributed by atoms with van der Waals surface area (Å²) in [6.45, 7) is 2.01. The van der Waals surface area contributed by atoms with E-state index in [1.807, 2.05) is 0 Å². The standard InChI is InChI=1S/C15H12N4O4/c1-2-22-15(20)12-7-11-13(18-12)16-8-17-14(11)23-10-5-3-9(19-21)4-6-10/h3-8H,2H2,1H3,(H,16,17,18). The summed E-state index contributed by atoms with van der Waals surface area (Å²) in [5, 5.41) is 3.37. The number of nitrogens with one attached hydrogen (secondary N) is 1. The number of hydrogen-bond acceptors (Lipinski definition) is 7. The molecule has 116 valence electrons. The van der Waals surface area contributed by atoms with Crippen molar-refractivity contribution in [2.24, 2.45) is 5.18 Å². The molecule has 0 aliphatic heterocycles. The minimum atomic E-state index is -0.474. The van der Waals surface area contributed by atoms with Gasteiger partial charge in [-0.2, -0.15) is 0 Å². The molecule has 0 radical (unpaired) electrons. The molecule has 1 aromatic carbocycles. The SMILES string of the molecule is CCOC(=O)c1cc2c(Oc3ccc(N=O)cc3)ncnc2[nH]1. The van der Waals surface area contributed by atoms with E-state index in [9.17, 15) is 9.70 Å². The lowest BCUT2D eigenvalue weighted by molar-refractivity contribution is 0.0520. The van der Waals surface area contributed by atoms with Gasteiger partial charge in [-0.3, -0.25) is 0 Å². The Labute approximate surface area is 130 Å². The van der Waals surface area contributed by atoms with Crippen molar-refractivity contribution in [3.05, 3.63) is 47.3 Å². The number of benzene rings is 1. The normalized spacial score (nSPS) is 10.5. The molecule has 2 heterocycles. The van der Waals surface area contributed by atoms with Gasteiger partial charge in [-0.1, -0.05) is 0 Å². The van der Waals surface area contributed by atoms with Gasteiger partial charge in [0.15, 0.2) is 0 Å². The molecule has 0 saturated carbocycles. The molecule has 0 atom stereocenters. The molecule has 0 aliphatic carbocycles. The summed E-state index contributed by atoms with van der Waals surface area (Å²) in [5.74, 6) is 0.294. The first-order valence-corrected chi connectivity index (χ1v) is 6.83. The highest BCUT2D eigenvalue weighted by Gasteiger charge is 2.15. The summed E-state index contributed by atoms with van der Waals surface area (Å²) in [4.78, 5) is 33.2. The minimum Gasteiger partial charge on any atom is -0.461 e. The van der Waals surface area contributed by atoms with Crippen molar-refractivity contribution in [3.63, 3.8) is 0 Å². The van der Waals surface area contributed by atoms with Crippen LogP contribution < -0.4 is 4.74 Å². The second kappa shape index (κ2) is 6.22. The molecule has 3 rings (SSSR count). The van der Waals surface area contributed by atoms with E-state index in [1.54, 1.807) is 25.1 Å². The van der Waals surface area contributed by atoms with Crippen molar-refractivity contribution in [3.8, 4) is 11.6 Å². The van der Waals surface area contributed by atoms with Crippen molar-refractivity contribution >= 4 is 22.7 Å². The van der Waals surface area contributed by atoms with E-state index in [-0.39, 0.29) is 18.2 Å². The molecule has 0 fully saturated rings. The Bertz CT molecular complexity index is 858. The largest absolute Gasteiger partial charge is 0.461 e. The van der Waals surface area contributed by atoms with Crippen molar-refractivity contribution in [2.45, 2.75) is 6.92 Å². The predicted molar refractivity (Wildman–Crippen MR) is 81.8 cm³/mol. The first-order valence-electron chi connectivity index (χ1n) is 6.83. The maximum atomic E-state index is 11.8. The Kier molecular flexibility index (Phi) is 3.96. The molecular weight excluding hydrogens is 300 g/mol. The van der Waals surface area contributed by atoms with E-state index >= 15 is 0 Å². The number of rotatable bonds is 5. The van der Waals surface area contributed by atoms with Crippen LogP contribution in [0.2, 0.25) is 0 Å². The fourth-order valence-electron chi connectivity index (χ4n) is 2.00. The third kappa shape index (κ3) is 3.00. The average molecular weight is 312 g/mol. The lowest BCUT2D eigenvalue weighted by Crippen LogP contribution is -2.04. The van der Waals surface area contributed by atoms with Gasteiger partial charge in [0.25, 0.3) is 0 Å². The molecule has 0 spiro atoms. The summed E-state index contributed by atoms with van der Waals surface area (Å²) >= 11 is 0. The van der Waals surface area contributed by atoms with Crippen LogP contribution in [-0.4, -0.2) is 27.5 Å². The highest BCUT2D eigenvalue weighted by molar-refractivity contribution is 5.95. The number of hydrogen-bond donors (Lipinski definition) is 1. The number of nitrogens with zero attached hydrogens (tertiary/aromatic N) is 3. The van der Waals surface area contributed by atoms with Gasteiger partial charge in [0, 0.05) is 0 Å². The molecule has 0 saturated heterocycles. The van der Waals surface area contributed by atoms with Crippen LogP contribution in [-0.2, 0) is 4.74 Å². The Morgan fingerprint density at radius 1 is 1.26 bits per heavy atom. The molecule has 0 bridgehead atoms. The number of carbonyl (C=O) groups excluding carboxylic acids is 1. The van der Waals surface area contributed by atoms with Gasteiger partial charge in [0.2, 0.25) is 5.88 Å². The van der Waals surface area contributed by atoms with Crippen LogP contribution in [0.4, 0.5) is 5.69 Å². The molecular formula is C15H12N4O4. The van der Waals surface area contributed by atoms with Crippen molar-refractivity contribution in [2.75, 3.05) is 6.61 Å². The Morgan fingerprint density at radius 2 is 2.04 bits per heavy atom. The van der Waals surface area contributed by atoms with Crippen LogP contribution >= 0.6 is 0 Å². The van der Waals surface area contributed by atoms with Gasteiger partial charge in [-0.25, -0.2) is 14.8 Å². The Hall–Kier alpha value is -3.29. The van der Waals surface area contributed by atoms with Crippen LogP contribution in [0, 0.1) is 4.91 Å². The summed E-state index contributed by atoms with van der Waals surface area (Å²) < 4.78 is 10.6. The molecule has 1 N–H and O–H groups in total. The zero-order chi connectivity index (χ0) is 16.2.